The van der Waals surface area contributed by atoms with Gasteiger partial charge in [0, 0.05) is 18.7 Å². The van der Waals surface area contributed by atoms with Gasteiger partial charge in [0.2, 0.25) is 0 Å². The second-order valence-electron chi connectivity index (χ2n) is 6.96. The van der Waals surface area contributed by atoms with Crippen LogP contribution in [-0.2, 0) is 16.7 Å². The van der Waals surface area contributed by atoms with Gasteiger partial charge in [0.15, 0.2) is 0 Å². The summed E-state index contributed by atoms with van der Waals surface area (Å²) in [6.07, 6.45) is 0.744. The molecule has 0 aliphatic carbocycles. The molecule has 9 heteroatoms. The Morgan fingerprint density at radius 2 is 1.81 bits per heavy atom. The summed E-state index contributed by atoms with van der Waals surface area (Å²) in [5.74, 6) is 1.20. The highest BCUT2D eigenvalue weighted by atomic mass is 32.2. The maximum atomic E-state index is 13.1. The van der Waals surface area contributed by atoms with E-state index in [9.17, 15) is 13.2 Å². The van der Waals surface area contributed by atoms with Crippen LogP contribution in [-0.4, -0.2) is 45.4 Å². The number of carbonyl (C=O) groups excluding carboxylic acids is 1. The molecule has 2 rings (SSSR count). The zero-order chi connectivity index (χ0) is 23.0. The van der Waals surface area contributed by atoms with E-state index in [4.69, 9.17) is 13.7 Å². The molecule has 8 nitrogen and oxygen atoms in total. The molecule has 1 unspecified atom stereocenters. The minimum atomic E-state index is -3.63. The van der Waals surface area contributed by atoms with Crippen LogP contribution in [0.4, 0.5) is 10.5 Å². The molecule has 0 fully saturated rings. The summed E-state index contributed by atoms with van der Waals surface area (Å²) in [5.41, 5.74) is 1.27. The molecular weight excluding hydrogens is 420 g/mol. The summed E-state index contributed by atoms with van der Waals surface area (Å²) < 4.78 is 39.2. The minimum Gasteiger partial charge on any atom is -0.497 e. The fourth-order valence-electron chi connectivity index (χ4n) is 2.83. The number of amides is 2. The van der Waals surface area contributed by atoms with Crippen molar-refractivity contribution in [1.29, 1.82) is 0 Å². The number of nitrogens with one attached hydrogen (secondary N) is 1. The van der Waals surface area contributed by atoms with E-state index in [1.807, 2.05) is 19.9 Å². The Kier molecular flexibility index (Phi) is 8.56. The van der Waals surface area contributed by atoms with Gasteiger partial charge in [0.25, 0.3) is 0 Å². The van der Waals surface area contributed by atoms with Crippen LogP contribution in [0, 0.1) is 0 Å². The van der Waals surface area contributed by atoms with Crippen molar-refractivity contribution in [3.05, 3.63) is 48.0 Å². The summed E-state index contributed by atoms with van der Waals surface area (Å²) in [6, 6.07) is 11.5. The summed E-state index contributed by atoms with van der Waals surface area (Å²) in [4.78, 5) is 14.8. The topological polar surface area (TPSA) is 94.2 Å². The van der Waals surface area contributed by atoms with Gasteiger partial charge in [-0.15, -0.1) is 0 Å². The molecule has 1 atom stereocenters. The molecule has 0 spiro atoms. The van der Waals surface area contributed by atoms with Crippen LogP contribution < -0.4 is 19.0 Å². The number of ether oxygens (including phenoxy) is 2. The summed E-state index contributed by atoms with van der Waals surface area (Å²) in [7, 11) is -0.549. The molecule has 0 radical (unpaired) electrons. The number of urea groups is 1. The number of nitrogens with zero attached hydrogens (tertiary/aromatic N) is 1. The van der Waals surface area contributed by atoms with Gasteiger partial charge < -0.3 is 23.9 Å². The summed E-state index contributed by atoms with van der Waals surface area (Å²) >= 11 is 0. The number of hydrogen-bond donors (Lipinski definition) is 1. The highest BCUT2D eigenvalue weighted by Gasteiger charge is 2.21. The second kappa shape index (κ2) is 10.9. The highest BCUT2D eigenvalue weighted by molar-refractivity contribution is 7.87. The van der Waals surface area contributed by atoms with Crippen LogP contribution in [0.25, 0.3) is 0 Å². The van der Waals surface area contributed by atoms with E-state index in [0.29, 0.717) is 17.2 Å². The quantitative estimate of drug-likeness (QED) is 0.544. The molecule has 0 aromatic heterocycles. The van der Waals surface area contributed by atoms with Crippen LogP contribution >= 0.6 is 0 Å². The van der Waals surface area contributed by atoms with E-state index >= 15 is 0 Å². The zero-order valence-corrected chi connectivity index (χ0v) is 19.4. The monoisotopic (exact) mass is 450 g/mol. The van der Waals surface area contributed by atoms with Crippen molar-refractivity contribution in [2.24, 2.45) is 0 Å². The molecule has 1 N–H and O–H groups in total. The van der Waals surface area contributed by atoms with E-state index in [-0.39, 0.29) is 30.1 Å². The van der Waals surface area contributed by atoms with Crippen molar-refractivity contribution in [3.8, 4) is 17.2 Å². The molecule has 0 saturated heterocycles. The number of rotatable bonds is 10. The third-order valence-corrected chi connectivity index (χ3v) is 6.02. The molecule has 0 bridgehead atoms. The van der Waals surface area contributed by atoms with Crippen molar-refractivity contribution in [2.75, 3.05) is 25.3 Å². The molecule has 0 aliphatic rings. The van der Waals surface area contributed by atoms with E-state index in [2.05, 4.69) is 5.32 Å². The number of anilines is 1. The Hall–Kier alpha value is -2.94. The van der Waals surface area contributed by atoms with Gasteiger partial charge in [-0.1, -0.05) is 19.1 Å². The first kappa shape index (κ1) is 24.3. The van der Waals surface area contributed by atoms with Gasteiger partial charge in [-0.3, -0.25) is 0 Å². The average molecular weight is 451 g/mol. The molecule has 0 heterocycles. The fraction of sp³-hybridized carbons (Fsp3) is 0.409. The standard InChI is InChI=1S/C22H30N2O6S/c1-6-16(3)24(15-17-9-8-10-19(13-17)30-31(26,27)7-2)22(25)23-20-12-11-18(28-4)14-21(20)29-5/h8-14,16H,6-7,15H2,1-5H3,(H,23,25). The van der Waals surface area contributed by atoms with E-state index < -0.39 is 10.1 Å². The normalized spacial score (nSPS) is 12.0. The second-order valence-corrected chi connectivity index (χ2v) is 8.82. The Morgan fingerprint density at radius 3 is 2.42 bits per heavy atom. The predicted molar refractivity (Wildman–Crippen MR) is 120 cm³/mol. The molecule has 31 heavy (non-hydrogen) atoms. The summed E-state index contributed by atoms with van der Waals surface area (Å²) in [5, 5.41) is 2.89. The average Bonchev–Trinajstić information content (AvgIpc) is 2.77. The first-order valence-electron chi connectivity index (χ1n) is 10.0. The Labute approximate surface area is 184 Å². The lowest BCUT2D eigenvalue weighted by molar-refractivity contribution is 0.187. The Morgan fingerprint density at radius 1 is 1.06 bits per heavy atom. The van der Waals surface area contributed by atoms with E-state index in [0.717, 1.165) is 12.0 Å². The van der Waals surface area contributed by atoms with Gasteiger partial charge in [0.1, 0.15) is 17.2 Å². The van der Waals surface area contributed by atoms with Gasteiger partial charge in [-0.25, -0.2) is 4.79 Å². The lowest BCUT2D eigenvalue weighted by Gasteiger charge is -2.29. The molecule has 2 amide bonds. The van der Waals surface area contributed by atoms with Gasteiger partial charge in [0.05, 0.1) is 25.7 Å². The van der Waals surface area contributed by atoms with Crippen LogP contribution in [0.5, 0.6) is 17.2 Å². The van der Waals surface area contributed by atoms with Crippen LogP contribution in [0.2, 0.25) is 0 Å². The van der Waals surface area contributed by atoms with Crippen molar-refractivity contribution in [3.63, 3.8) is 0 Å². The Balaban J connectivity index is 2.24. The largest absolute Gasteiger partial charge is 0.497 e. The minimum absolute atomic E-state index is 0.0619. The van der Waals surface area contributed by atoms with Crippen LogP contribution in [0.15, 0.2) is 42.5 Å². The third-order valence-electron chi connectivity index (χ3n) is 4.86. The number of methoxy groups -OCH3 is 2. The number of benzene rings is 2. The van der Waals surface area contributed by atoms with Crippen molar-refractivity contribution >= 4 is 21.8 Å². The maximum Gasteiger partial charge on any atom is 0.322 e. The van der Waals surface area contributed by atoms with Crippen LogP contribution in [0.1, 0.15) is 32.8 Å². The molecule has 2 aromatic carbocycles. The number of hydrogen-bond acceptors (Lipinski definition) is 6. The van der Waals surface area contributed by atoms with Crippen molar-refractivity contribution in [1.82, 2.24) is 4.90 Å². The summed E-state index contributed by atoms with van der Waals surface area (Å²) in [6.45, 7) is 5.74. The lowest BCUT2D eigenvalue weighted by Crippen LogP contribution is -2.40. The van der Waals surface area contributed by atoms with Crippen LogP contribution in [0.3, 0.4) is 0 Å². The lowest BCUT2D eigenvalue weighted by atomic mass is 10.1. The molecule has 170 valence electrons. The maximum absolute atomic E-state index is 13.1. The fourth-order valence-corrected chi connectivity index (χ4v) is 3.35. The molecular formula is C22H30N2O6S. The van der Waals surface area contributed by atoms with Crippen molar-refractivity contribution < 1.29 is 26.9 Å². The third kappa shape index (κ3) is 6.78. The predicted octanol–water partition coefficient (Wildman–Crippen LogP) is 4.26. The molecule has 2 aromatic rings. The first-order chi connectivity index (χ1) is 14.7. The smallest absolute Gasteiger partial charge is 0.322 e. The van der Waals surface area contributed by atoms with Gasteiger partial charge >= 0.3 is 16.1 Å². The molecule has 0 saturated carbocycles. The van der Waals surface area contributed by atoms with Gasteiger partial charge in [-0.2, -0.15) is 8.42 Å². The van der Waals surface area contributed by atoms with Crippen molar-refractivity contribution in [2.45, 2.75) is 39.8 Å². The van der Waals surface area contributed by atoms with E-state index in [1.54, 1.807) is 48.4 Å². The highest BCUT2D eigenvalue weighted by Crippen LogP contribution is 2.29. The van der Waals surface area contributed by atoms with Gasteiger partial charge in [-0.05, 0) is 50.1 Å². The molecule has 0 aliphatic heterocycles. The first-order valence-corrected chi connectivity index (χ1v) is 11.6. The van der Waals surface area contributed by atoms with E-state index in [1.165, 1.54) is 14.0 Å². The SMILES string of the molecule is CCC(C)N(Cc1cccc(OS(=O)(=O)CC)c1)C(=O)Nc1ccc(OC)cc1OC. The Bertz CT molecular complexity index is 993. The number of carbonyl (C=O) groups is 1. The zero-order valence-electron chi connectivity index (χ0n) is 18.5.